The quantitative estimate of drug-likeness (QED) is 0.306. The standard InChI is InChI=1S/C25H23N3OS/c1-16-4-10-19(11-5-16)22(29)23(20-12-6-17(2)7-13-20)30-25-26-24(27-28-25)21-14-8-18(3)9-15-21/h4-15,23H,1-3H3,(H,26,27,28)/t23-/m0/s1. The molecule has 0 saturated heterocycles. The number of H-pyrrole nitrogens is 1. The van der Waals surface area contributed by atoms with Crippen molar-refractivity contribution in [1.82, 2.24) is 15.2 Å². The molecule has 1 aromatic heterocycles. The number of rotatable bonds is 6. The zero-order valence-corrected chi connectivity index (χ0v) is 18.0. The number of Topliss-reactive ketones (excluding diaryl/α,β-unsaturated/α-hetero) is 1. The van der Waals surface area contributed by atoms with Crippen molar-refractivity contribution >= 4 is 17.5 Å². The number of ketones is 1. The molecule has 4 nitrogen and oxygen atoms in total. The van der Waals surface area contributed by atoms with E-state index in [0.717, 1.165) is 22.3 Å². The molecule has 0 fully saturated rings. The second-order valence-corrected chi connectivity index (χ2v) is 8.54. The molecule has 4 aromatic rings. The Balaban J connectivity index is 1.64. The van der Waals surface area contributed by atoms with Gasteiger partial charge in [-0.2, -0.15) is 0 Å². The van der Waals surface area contributed by atoms with Crippen molar-refractivity contribution in [3.63, 3.8) is 0 Å². The van der Waals surface area contributed by atoms with Crippen LogP contribution in [0.2, 0.25) is 0 Å². The van der Waals surface area contributed by atoms with Crippen LogP contribution in [0.5, 0.6) is 0 Å². The van der Waals surface area contributed by atoms with E-state index in [-0.39, 0.29) is 5.78 Å². The van der Waals surface area contributed by atoms with Gasteiger partial charge in [-0.1, -0.05) is 101 Å². The number of benzene rings is 3. The molecule has 30 heavy (non-hydrogen) atoms. The van der Waals surface area contributed by atoms with E-state index < -0.39 is 5.25 Å². The SMILES string of the molecule is Cc1ccc(C(=O)[C@@H](Sc2n[nH]c(-c3ccc(C)cc3)n2)c2ccc(C)cc2)cc1. The lowest BCUT2D eigenvalue weighted by Gasteiger charge is -2.15. The molecular formula is C25H23N3OS. The number of hydrogen-bond donors (Lipinski definition) is 1. The van der Waals surface area contributed by atoms with E-state index in [2.05, 4.69) is 15.2 Å². The van der Waals surface area contributed by atoms with E-state index in [4.69, 9.17) is 0 Å². The summed E-state index contributed by atoms with van der Waals surface area (Å²) >= 11 is 1.37. The summed E-state index contributed by atoms with van der Waals surface area (Å²) in [5.74, 6) is 0.744. The number of aromatic amines is 1. The molecule has 1 atom stereocenters. The molecule has 5 heteroatoms. The first kappa shape index (κ1) is 20.1. The Bertz CT molecular complexity index is 1150. The van der Waals surface area contributed by atoms with E-state index in [9.17, 15) is 4.79 Å². The number of carbonyl (C=O) groups excluding carboxylic acids is 1. The summed E-state index contributed by atoms with van der Waals surface area (Å²) in [4.78, 5) is 18.0. The molecule has 0 aliphatic rings. The highest BCUT2D eigenvalue weighted by Gasteiger charge is 2.25. The average Bonchev–Trinajstić information content (AvgIpc) is 3.22. The van der Waals surface area contributed by atoms with Crippen LogP contribution in [0.15, 0.2) is 78.0 Å². The molecule has 0 aliphatic carbocycles. The summed E-state index contributed by atoms with van der Waals surface area (Å²) in [6, 6.07) is 23.9. The van der Waals surface area contributed by atoms with Gasteiger partial charge in [0.1, 0.15) is 5.25 Å². The summed E-state index contributed by atoms with van der Waals surface area (Å²) in [5.41, 5.74) is 6.08. The molecule has 150 valence electrons. The summed E-state index contributed by atoms with van der Waals surface area (Å²) in [7, 11) is 0. The summed E-state index contributed by atoms with van der Waals surface area (Å²) in [5, 5.41) is 7.49. The monoisotopic (exact) mass is 413 g/mol. The van der Waals surface area contributed by atoms with Crippen LogP contribution in [0.4, 0.5) is 0 Å². The number of carbonyl (C=O) groups is 1. The van der Waals surface area contributed by atoms with Gasteiger partial charge in [0.05, 0.1) is 0 Å². The Morgan fingerprint density at radius 1 is 0.800 bits per heavy atom. The first-order valence-electron chi connectivity index (χ1n) is 9.83. The fourth-order valence-electron chi connectivity index (χ4n) is 3.13. The van der Waals surface area contributed by atoms with Gasteiger partial charge >= 0.3 is 0 Å². The van der Waals surface area contributed by atoms with E-state index in [1.807, 2.05) is 93.6 Å². The van der Waals surface area contributed by atoms with Gasteiger partial charge in [-0.15, -0.1) is 5.10 Å². The topological polar surface area (TPSA) is 58.6 Å². The molecule has 1 heterocycles. The maximum atomic E-state index is 13.4. The Labute approximate surface area is 180 Å². The fourth-order valence-corrected chi connectivity index (χ4v) is 4.12. The van der Waals surface area contributed by atoms with Crippen LogP contribution in [0.25, 0.3) is 11.4 Å². The zero-order valence-electron chi connectivity index (χ0n) is 17.2. The summed E-state index contributed by atoms with van der Waals surface area (Å²) in [6.45, 7) is 6.10. The summed E-state index contributed by atoms with van der Waals surface area (Å²) < 4.78 is 0. The zero-order chi connectivity index (χ0) is 21.1. The van der Waals surface area contributed by atoms with Crippen molar-refractivity contribution in [3.05, 3.63) is 101 Å². The fraction of sp³-hybridized carbons (Fsp3) is 0.160. The third-order valence-corrected chi connectivity index (χ3v) is 6.08. The number of aryl methyl sites for hydroxylation is 3. The highest BCUT2D eigenvalue weighted by atomic mass is 32.2. The highest BCUT2D eigenvalue weighted by Crippen LogP contribution is 2.37. The molecule has 0 aliphatic heterocycles. The molecule has 0 radical (unpaired) electrons. The Morgan fingerprint density at radius 3 is 1.93 bits per heavy atom. The van der Waals surface area contributed by atoms with Gasteiger partial charge in [0.25, 0.3) is 0 Å². The second kappa shape index (κ2) is 8.67. The molecule has 3 aromatic carbocycles. The van der Waals surface area contributed by atoms with Crippen LogP contribution < -0.4 is 0 Å². The Hall–Kier alpha value is -3.18. The van der Waals surface area contributed by atoms with Gasteiger partial charge in [-0.25, -0.2) is 4.98 Å². The Morgan fingerprint density at radius 2 is 1.33 bits per heavy atom. The van der Waals surface area contributed by atoms with Crippen molar-refractivity contribution < 1.29 is 4.79 Å². The third kappa shape index (κ3) is 4.52. The number of thioether (sulfide) groups is 1. The predicted octanol–water partition coefficient (Wildman–Crippen LogP) is 6.11. The van der Waals surface area contributed by atoms with Crippen molar-refractivity contribution in [2.45, 2.75) is 31.2 Å². The van der Waals surface area contributed by atoms with Gasteiger partial charge in [0.15, 0.2) is 11.6 Å². The molecule has 0 spiro atoms. The minimum absolute atomic E-state index is 0.0468. The van der Waals surface area contributed by atoms with Crippen LogP contribution in [-0.2, 0) is 0 Å². The lowest BCUT2D eigenvalue weighted by molar-refractivity contribution is 0.0989. The number of aromatic nitrogens is 3. The first-order chi connectivity index (χ1) is 14.5. The number of nitrogens with one attached hydrogen (secondary N) is 1. The number of hydrogen-bond acceptors (Lipinski definition) is 4. The minimum Gasteiger partial charge on any atom is -0.293 e. The maximum Gasteiger partial charge on any atom is 0.209 e. The van der Waals surface area contributed by atoms with Gasteiger partial charge in [-0.3, -0.25) is 9.89 Å². The maximum absolute atomic E-state index is 13.4. The van der Waals surface area contributed by atoms with Crippen LogP contribution in [-0.4, -0.2) is 21.0 Å². The molecule has 4 rings (SSSR count). The number of nitrogens with zero attached hydrogens (tertiary/aromatic N) is 2. The first-order valence-corrected chi connectivity index (χ1v) is 10.7. The van der Waals surface area contributed by atoms with Gasteiger partial charge in [0.2, 0.25) is 5.16 Å². The van der Waals surface area contributed by atoms with Crippen molar-refractivity contribution in [1.29, 1.82) is 0 Å². The van der Waals surface area contributed by atoms with Crippen molar-refractivity contribution in [2.75, 3.05) is 0 Å². The normalized spacial score (nSPS) is 12.0. The smallest absolute Gasteiger partial charge is 0.209 e. The molecular weight excluding hydrogens is 390 g/mol. The van der Waals surface area contributed by atoms with E-state index in [1.165, 1.54) is 17.3 Å². The molecule has 0 bridgehead atoms. The highest BCUT2D eigenvalue weighted by molar-refractivity contribution is 8.00. The lowest BCUT2D eigenvalue weighted by atomic mass is 10.0. The average molecular weight is 414 g/mol. The van der Waals surface area contributed by atoms with E-state index in [1.54, 1.807) is 0 Å². The van der Waals surface area contributed by atoms with Crippen LogP contribution >= 0.6 is 11.8 Å². The minimum atomic E-state index is -0.421. The summed E-state index contributed by atoms with van der Waals surface area (Å²) in [6.07, 6.45) is 0. The van der Waals surface area contributed by atoms with Crippen LogP contribution in [0, 0.1) is 20.8 Å². The molecule has 0 unspecified atom stereocenters. The van der Waals surface area contributed by atoms with Crippen LogP contribution in [0.3, 0.4) is 0 Å². The van der Waals surface area contributed by atoms with Gasteiger partial charge < -0.3 is 0 Å². The molecule has 0 saturated carbocycles. The van der Waals surface area contributed by atoms with E-state index in [0.29, 0.717) is 16.5 Å². The van der Waals surface area contributed by atoms with Crippen molar-refractivity contribution in [2.24, 2.45) is 0 Å². The van der Waals surface area contributed by atoms with Crippen LogP contribution in [0.1, 0.15) is 37.9 Å². The predicted molar refractivity (Wildman–Crippen MR) is 122 cm³/mol. The lowest BCUT2D eigenvalue weighted by Crippen LogP contribution is -2.10. The third-order valence-electron chi connectivity index (χ3n) is 4.97. The second-order valence-electron chi connectivity index (χ2n) is 7.47. The van der Waals surface area contributed by atoms with E-state index >= 15 is 0 Å². The van der Waals surface area contributed by atoms with Gasteiger partial charge in [0, 0.05) is 11.1 Å². The van der Waals surface area contributed by atoms with Crippen molar-refractivity contribution in [3.8, 4) is 11.4 Å². The molecule has 0 amide bonds. The molecule has 1 N–H and O–H groups in total. The largest absolute Gasteiger partial charge is 0.293 e. The van der Waals surface area contributed by atoms with Gasteiger partial charge in [-0.05, 0) is 26.3 Å². The Kier molecular flexibility index (Phi) is 5.81.